The molecule has 0 aromatic rings. The van der Waals surface area contributed by atoms with Gasteiger partial charge in [0.1, 0.15) is 0 Å². The largest absolute Gasteiger partial charge is 0.415 e. The third kappa shape index (κ3) is 13.9. The zero-order valence-corrected chi connectivity index (χ0v) is 36.1. The lowest BCUT2D eigenvalue weighted by molar-refractivity contribution is -0.00797. The predicted molar refractivity (Wildman–Crippen MR) is 204 cm³/mol. The highest BCUT2D eigenvalue weighted by Gasteiger charge is 2.49. The zero-order valence-electron chi connectivity index (χ0n) is 33.1. The van der Waals surface area contributed by atoms with Crippen LogP contribution in [-0.2, 0) is 13.3 Å². The number of hydrogen-bond donors (Lipinski definition) is 1. The molecule has 1 aliphatic heterocycles. The number of unbranched alkanes of at least 4 members (excludes halogenated alkanes) is 7. The summed E-state index contributed by atoms with van der Waals surface area (Å²) < 4.78 is 20.5. The van der Waals surface area contributed by atoms with Gasteiger partial charge in [-0.15, -0.1) is 0 Å². The molecule has 1 rings (SSSR count). The average Bonchev–Trinajstić information content (AvgIpc) is 2.81. The second-order valence-corrected chi connectivity index (χ2v) is 33.7. The summed E-state index contributed by atoms with van der Waals surface area (Å²) >= 11 is 0. The van der Waals surface area contributed by atoms with Crippen LogP contribution < -0.4 is 5.32 Å². The predicted octanol–water partition coefficient (Wildman–Crippen LogP) is 12.1. The summed E-state index contributed by atoms with van der Waals surface area (Å²) in [7, 11) is -5.30. The highest BCUT2D eigenvalue weighted by atomic mass is 28.4. The van der Waals surface area contributed by atoms with Gasteiger partial charge in [0, 0.05) is 12.1 Å². The summed E-state index contributed by atoms with van der Waals surface area (Å²) in [6.07, 6.45) is 15.2. The molecule has 0 spiro atoms. The molecule has 4 atom stereocenters. The zero-order chi connectivity index (χ0) is 34.2. The molecule has 1 saturated heterocycles. The topological polar surface area (TPSA) is 39.7 Å². The van der Waals surface area contributed by atoms with Gasteiger partial charge in [-0.25, -0.2) is 0 Å². The van der Waals surface area contributed by atoms with E-state index in [0.717, 1.165) is 6.61 Å². The smallest absolute Gasteiger partial charge is 0.192 e. The number of hydrogen-bond acceptors (Lipinski definition) is 4. The maximum atomic E-state index is 7.03. The average molecular weight is 672 g/mol. The fourth-order valence-corrected chi connectivity index (χ4v) is 9.15. The lowest BCUT2D eigenvalue weighted by Gasteiger charge is -2.52. The molecule has 264 valence electrons. The highest BCUT2D eigenvalue weighted by Crippen LogP contribution is 2.41. The van der Waals surface area contributed by atoms with Crippen molar-refractivity contribution in [3.63, 3.8) is 0 Å². The van der Waals surface area contributed by atoms with Crippen LogP contribution >= 0.6 is 0 Å². The molecule has 0 bridgehead atoms. The Kier molecular flexibility index (Phi) is 16.7. The normalized spacial score (nSPS) is 21.5. The molecule has 0 saturated carbocycles. The Hall–Kier alpha value is 0.491. The summed E-state index contributed by atoms with van der Waals surface area (Å²) in [6, 6.07) is 0.806. The van der Waals surface area contributed by atoms with Gasteiger partial charge in [-0.05, 0) is 79.6 Å². The Balaban J connectivity index is 2.42. The lowest BCUT2D eigenvalue weighted by Crippen LogP contribution is -2.71. The summed E-state index contributed by atoms with van der Waals surface area (Å²) in [5.41, 5.74) is 0. The van der Waals surface area contributed by atoms with Crippen molar-refractivity contribution in [2.24, 2.45) is 5.92 Å². The first-order valence-corrected chi connectivity index (χ1v) is 27.3. The second-order valence-electron chi connectivity index (χ2n) is 19.3. The minimum absolute atomic E-state index is 0.227. The van der Waals surface area contributed by atoms with Gasteiger partial charge in [0.15, 0.2) is 25.0 Å². The van der Waals surface area contributed by atoms with Crippen LogP contribution in [0.5, 0.6) is 0 Å². The molecule has 0 radical (unpaired) electrons. The third-order valence-corrected chi connectivity index (χ3v) is 25.2. The second kappa shape index (κ2) is 17.2. The maximum Gasteiger partial charge on any atom is 0.192 e. The van der Waals surface area contributed by atoms with Crippen LogP contribution in [0.3, 0.4) is 0 Å². The van der Waals surface area contributed by atoms with Crippen LogP contribution in [0.4, 0.5) is 0 Å². The summed E-state index contributed by atoms with van der Waals surface area (Å²) in [5, 5.41) is 4.64. The van der Waals surface area contributed by atoms with E-state index in [1.165, 1.54) is 70.6 Å². The van der Waals surface area contributed by atoms with E-state index in [2.05, 4.69) is 121 Å². The first kappa shape index (κ1) is 42.5. The van der Waals surface area contributed by atoms with Gasteiger partial charge >= 0.3 is 0 Å². The molecule has 1 aliphatic rings. The van der Waals surface area contributed by atoms with Gasteiger partial charge in [0.25, 0.3) is 0 Å². The molecule has 44 heavy (non-hydrogen) atoms. The Morgan fingerprint density at radius 2 is 1.05 bits per heavy atom. The minimum atomic E-state index is -1.84. The SMILES string of the molecule is CC(C)C[C@@H](CCCCCCCCCC[C@@H]1N[C@@H](CO[Si](C)(C)C(C)(C)C)[C@@H]1O[Si](C)(C)C(C)(C)C)O[Si](C)(C)C(C)(C)C. The van der Waals surface area contributed by atoms with Crippen LogP contribution in [0.2, 0.25) is 54.4 Å². The van der Waals surface area contributed by atoms with Crippen LogP contribution in [-0.4, -0.2) is 55.9 Å². The van der Waals surface area contributed by atoms with Crippen LogP contribution in [0.15, 0.2) is 0 Å². The molecular weight excluding hydrogens is 591 g/mol. The lowest BCUT2D eigenvalue weighted by atomic mass is 9.89. The van der Waals surface area contributed by atoms with Gasteiger partial charge in [-0.2, -0.15) is 0 Å². The first-order valence-electron chi connectivity index (χ1n) is 18.6. The molecule has 7 heteroatoms. The molecule has 1 fully saturated rings. The van der Waals surface area contributed by atoms with Gasteiger partial charge < -0.3 is 18.6 Å². The van der Waals surface area contributed by atoms with Gasteiger partial charge in [-0.1, -0.05) is 128 Å². The molecule has 0 amide bonds. The van der Waals surface area contributed by atoms with Crippen molar-refractivity contribution in [1.29, 1.82) is 0 Å². The fourth-order valence-electron chi connectivity index (χ4n) is 5.35. The fraction of sp³-hybridized carbons (Fsp3) is 1.00. The number of rotatable bonds is 20. The summed E-state index contributed by atoms with van der Waals surface area (Å²) in [6.45, 7) is 40.9. The van der Waals surface area contributed by atoms with E-state index in [-0.39, 0.29) is 15.1 Å². The molecular formula is C37H81NO3Si3. The highest BCUT2D eigenvalue weighted by molar-refractivity contribution is 6.75. The third-order valence-electron chi connectivity index (χ3n) is 11.7. The van der Waals surface area contributed by atoms with E-state index < -0.39 is 25.0 Å². The van der Waals surface area contributed by atoms with E-state index in [4.69, 9.17) is 13.3 Å². The quantitative estimate of drug-likeness (QED) is 0.103. The van der Waals surface area contributed by atoms with Crippen molar-refractivity contribution < 1.29 is 13.3 Å². The van der Waals surface area contributed by atoms with E-state index >= 15 is 0 Å². The molecule has 0 aromatic heterocycles. The Bertz CT molecular complexity index is 808. The van der Waals surface area contributed by atoms with Crippen molar-refractivity contribution in [3.8, 4) is 0 Å². The van der Waals surface area contributed by atoms with E-state index in [1.807, 2.05) is 0 Å². The molecule has 0 unspecified atom stereocenters. The van der Waals surface area contributed by atoms with Crippen LogP contribution in [0.1, 0.15) is 147 Å². The van der Waals surface area contributed by atoms with Crippen molar-refractivity contribution in [1.82, 2.24) is 5.32 Å². The van der Waals surface area contributed by atoms with E-state index in [1.54, 1.807) is 0 Å². The Labute approximate surface area is 280 Å². The summed E-state index contributed by atoms with van der Waals surface area (Å²) in [5.74, 6) is 0.704. The molecule has 1 heterocycles. The molecule has 0 aliphatic carbocycles. The van der Waals surface area contributed by atoms with Crippen molar-refractivity contribution in [3.05, 3.63) is 0 Å². The summed E-state index contributed by atoms with van der Waals surface area (Å²) in [4.78, 5) is 0. The molecule has 0 aromatic carbocycles. The Morgan fingerprint density at radius 3 is 1.50 bits per heavy atom. The molecule has 1 N–H and O–H groups in total. The molecule has 4 nitrogen and oxygen atoms in total. The van der Waals surface area contributed by atoms with Gasteiger partial charge in [0.05, 0.1) is 18.8 Å². The minimum Gasteiger partial charge on any atom is -0.415 e. The van der Waals surface area contributed by atoms with Crippen molar-refractivity contribution in [2.45, 2.75) is 225 Å². The van der Waals surface area contributed by atoms with Crippen molar-refractivity contribution >= 4 is 25.0 Å². The standard InChI is InChI=1S/C37H81NO3Si3/c1-30(2)28-31(40-43(14,15)36(6,7)8)26-24-22-20-18-19-21-23-25-27-32-34(41-44(16,17)37(9,10)11)33(38-32)29-39-42(12,13)35(3,4)5/h30-34,38H,18-29H2,1-17H3/t31-,32+,33+,34-/m1/s1. The van der Waals surface area contributed by atoms with E-state index in [9.17, 15) is 0 Å². The maximum absolute atomic E-state index is 7.03. The van der Waals surface area contributed by atoms with Crippen LogP contribution in [0.25, 0.3) is 0 Å². The monoisotopic (exact) mass is 672 g/mol. The van der Waals surface area contributed by atoms with Gasteiger partial charge in [0.2, 0.25) is 0 Å². The number of nitrogens with one attached hydrogen (secondary N) is 1. The first-order chi connectivity index (χ1) is 19.8. The van der Waals surface area contributed by atoms with Crippen LogP contribution in [0, 0.1) is 5.92 Å². The van der Waals surface area contributed by atoms with E-state index in [0.29, 0.717) is 30.2 Å². The Morgan fingerprint density at radius 1 is 0.591 bits per heavy atom. The van der Waals surface area contributed by atoms with Gasteiger partial charge in [-0.3, -0.25) is 0 Å². The van der Waals surface area contributed by atoms with Crippen molar-refractivity contribution in [2.75, 3.05) is 6.61 Å².